The molecule has 190 valence electrons. The van der Waals surface area contributed by atoms with Gasteiger partial charge in [0.2, 0.25) is 5.91 Å². The number of nitrogens with one attached hydrogen (secondary N) is 2. The Balaban J connectivity index is 2.48. The fraction of sp³-hybridized carbons (Fsp3) is 0.444. The molecule has 0 fully saturated rings. The van der Waals surface area contributed by atoms with E-state index in [2.05, 4.69) is 10.6 Å². The van der Waals surface area contributed by atoms with Crippen LogP contribution in [0.1, 0.15) is 64.3 Å². The second kappa shape index (κ2) is 11.1. The van der Waals surface area contributed by atoms with Crippen LogP contribution >= 0.6 is 11.6 Å². The van der Waals surface area contributed by atoms with Gasteiger partial charge in [-0.1, -0.05) is 48.0 Å². The summed E-state index contributed by atoms with van der Waals surface area (Å²) in [7, 11) is 0. The summed E-state index contributed by atoms with van der Waals surface area (Å²) >= 11 is 6.37. The van der Waals surface area contributed by atoms with Crippen molar-refractivity contribution in [2.75, 3.05) is 11.9 Å². The molecule has 1 atom stereocenters. The summed E-state index contributed by atoms with van der Waals surface area (Å²) in [6.07, 6.45) is -0.705. The van der Waals surface area contributed by atoms with Crippen LogP contribution in [0.3, 0.4) is 0 Å². The lowest BCUT2D eigenvalue weighted by atomic mass is 9.93. The van der Waals surface area contributed by atoms with Crippen molar-refractivity contribution >= 4 is 35.2 Å². The number of anilines is 1. The molecule has 0 aliphatic heterocycles. The molecule has 0 heterocycles. The molecule has 8 heteroatoms. The molecule has 0 bridgehead atoms. The number of carbonyl (C=O) groups is 3. The number of halogens is 1. The molecular formula is C27H36ClN3O4. The maximum absolute atomic E-state index is 13.8. The summed E-state index contributed by atoms with van der Waals surface area (Å²) in [4.78, 5) is 41.0. The zero-order valence-corrected chi connectivity index (χ0v) is 22.5. The molecule has 0 saturated heterocycles. The number of rotatable bonds is 6. The highest BCUT2D eigenvalue weighted by Crippen LogP contribution is 2.33. The van der Waals surface area contributed by atoms with Crippen molar-refractivity contribution in [2.45, 2.75) is 72.6 Å². The third-order valence-corrected chi connectivity index (χ3v) is 5.55. The van der Waals surface area contributed by atoms with Gasteiger partial charge < -0.3 is 20.3 Å². The van der Waals surface area contributed by atoms with Crippen LogP contribution in [0, 0.1) is 13.8 Å². The first-order valence-electron chi connectivity index (χ1n) is 11.5. The summed E-state index contributed by atoms with van der Waals surface area (Å²) in [5, 5.41) is 5.85. The number of amides is 3. The minimum absolute atomic E-state index is 0.326. The van der Waals surface area contributed by atoms with Crippen LogP contribution in [0.4, 0.5) is 10.5 Å². The normalized spacial score (nSPS) is 12.5. The van der Waals surface area contributed by atoms with Crippen LogP contribution in [0.25, 0.3) is 0 Å². The molecule has 0 aromatic heterocycles. The van der Waals surface area contributed by atoms with Gasteiger partial charge in [-0.3, -0.25) is 9.59 Å². The monoisotopic (exact) mass is 501 g/mol. The molecule has 0 radical (unpaired) electrons. The zero-order valence-electron chi connectivity index (χ0n) is 21.8. The van der Waals surface area contributed by atoms with Crippen LogP contribution < -0.4 is 10.6 Å². The molecule has 2 aromatic carbocycles. The first-order chi connectivity index (χ1) is 16.1. The molecule has 35 heavy (non-hydrogen) atoms. The van der Waals surface area contributed by atoms with E-state index in [4.69, 9.17) is 16.3 Å². The minimum atomic E-state index is -0.972. The third-order valence-electron chi connectivity index (χ3n) is 5.23. The van der Waals surface area contributed by atoms with Crippen molar-refractivity contribution in [3.05, 3.63) is 64.2 Å². The second-order valence-electron chi connectivity index (χ2n) is 10.5. The smallest absolute Gasteiger partial charge is 0.408 e. The summed E-state index contributed by atoms with van der Waals surface area (Å²) < 4.78 is 5.26. The van der Waals surface area contributed by atoms with Crippen LogP contribution in [0.5, 0.6) is 0 Å². The van der Waals surface area contributed by atoms with Crippen LogP contribution in [-0.2, 0) is 14.3 Å². The topological polar surface area (TPSA) is 87.7 Å². The summed E-state index contributed by atoms with van der Waals surface area (Å²) in [5.74, 6) is -0.835. The van der Waals surface area contributed by atoms with E-state index in [1.54, 1.807) is 32.9 Å². The lowest BCUT2D eigenvalue weighted by molar-refractivity contribution is -0.144. The molecule has 0 spiro atoms. The quantitative estimate of drug-likeness (QED) is 0.524. The predicted octanol–water partition coefficient (Wildman–Crippen LogP) is 5.79. The number of carbonyl (C=O) groups excluding carboxylic acids is 3. The number of hydrogen-bond donors (Lipinski definition) is 2. The SMILES string of the molecule is Cc1ccccc1C(C(=O)Nc1c(C)cccc1Cl)N(C(=O)CNC(=O)OC(C)(C)C)C(C)(C)C. The molecule has 3 amide bonds. The van der Waals surface area contributed by atoms with E-state index in [1.165, 1.54) is 4.90 Å². The van der Waals surface area contributed by atoms with Crippen molar-refractivity contribution in [1.82, 2.24) is 10.2 Å². The largest absolute Gasteiger partial charge is 0.444 e. The number of alkyl carbamates (subject to hydrolysis) is 1. The van der Waals surface area contributed by atoms with E-state index in [-0.39, 0.29) is 6.54 Å². The predicted molar refractivity (Wildman–Crippen MR) is 140 cm³/mol. The van der Waals surface area contributed by atoms with Crippen molar-refractivity contribution in [3.63, 3.8) is 0 Å². The molecule has 2 aromatic rings. The number of benzene rings is 2. The van der Waals surface area contributed by atoms with E-state index in [1.807, 2.05) is 65.0 Å². The molecular weight excluding hydrogens is 466 g/mol. The Kier molecular flexibility index (Phi) is 8.95. The Labute approximate surface area is 213 Å². The van der Waals surface area contributed by atoms with Gasteiger partial charge in [-0.2, -0.15) is 0 Å². The Bertz CT molecular complexity index is 1070. The molecule has 2 rings (SSSR count). The Morgan fingerprint density at radius 2 is 1.54 bits per heavy atom. The lowest BCUT2D eigenvalue weighted by Gasteiger charge is -2.41. The maximum Gasteiger partial charge on any atom is 0.408 e. The Hall–Kier alpha value is -3.06. The van der Waals surface area contributed by atoms with Gasteiger partial charge in [-0.05, 0) is 78.1 Å². The van der Waals surface area contributed by atoms with Crippen molar-refractivity contribution in [1.29, 1.82) is 0 Å². The average Bonchev–Trinajstić information content (AvgIpc) is 2.71. The van der Waals surface area contributed by atoms with E-state index in [0.29, 0.717) is 16.3 Å². The number of nitrogens with zero attached hydrogens (tertiary/aromatic N) is 1. The van der Waals surface area contributed by atoms with Gasteiger partial charge in [-0.25, -0.2) is 4.79 Å². The van der Waals surface area contributed by atoms with Gasteiger partial charge in [0.1, 0.15) is 18.2 Å². The zero-order chi connectivity index (χ0) is 26.6. The van der Waals surface area contributed by atoms with Gasteiger partial charge in [0.05, 0.1) is 10.7 Å². The number of aryl methyl sites for hydroxylation is 2. The molecule has 0 saturated carbocycles. The summed E-state index contributed by atoms with van der Waals surface area (Å²) in [6, 6.07) is 11.8. The summed E-state index contributed by atoms with van der Waals surface area (Å²) in [5.41, 5.74) is 1.36. The average molecular weight is 502 g/mol. The molecule has 1 unspecified atom stereocenters. The van der Waals surface area contributed by atoms with Gasteiger partial charge >= 0.3 is 6.09 Å². The highest BCUT2D eigenvalue weighted by atomic mass is 35.5. The molecule has 2 N–H and O–H groups in total. The minimum Gasteiger partial charge on any atom is -0.444 e. The maximum atomic E-state index is 13.8. The van der Waals surface area contributed by atoms with E-state index in [0.717, 1.165) is 11.1 Å². The molecule has 7 nitrogen and oxygen atoms in total. The lowest BCUT2D eigenvalue weighted by Crippen LogP contribution is -2.54. The van der Waals surface area contributed by atoms with Gasteiger partial charge in [0.15, 0.2) is 0 Å². The number of hydrogen-bond acceptors (Lipinski definition) is 4. The first-order valence-corrected chi connectivity index (χ1v) is 11.9. The van der Waals surface area contributed by atoms with Gasteiger partial charge in [0.25, 0.3) is 5.91 Å². The van der Waals surface area contributed by atoms with Crippen molar-refractivity contribution < 1.29 is 19.1 Å². The first kappa shape index (κ1) is 28.2. The van der Waals surface area contributed by atoms with Crippen molar-refractivity contribution in [3.8, 4) is 0 Å². The van der Waals surface area contributed by atoms with Crippen LogP contribution in [0.15, 0.2) is 42.5 Å². The fourth-order valence-electron chi connectivity index (χ4n) is 3.73. The molecule has 0 aliphatic rings. The second-order valence-corrected chi connectivity index (χ2v) is 10.9. The van der Waals surface area contributed by atoms with E-state index >= 15 is 0 Å². The van der Waals surface area contributed by atoms with Crippen LogP contribution in [0.2, 0.25) is 5.02 Å². The Morgan fingerprint density at radius 3 is 2.09 bits per heavy atom. The van der Waals surface area contributed by atoms with E-state index < -0.39 is 35.1 Å². The van der Waals surface area contributed by atoms with Gasteiger partial charge in [-0.15, -0.1) is 0 Å². The number of ether oxygens (including phenoxy) is 1. The standard InChI is InChI=1S/C27H36ClN3O4/c1-17-12-9-10-14-19(17)23(24(33)30-22-18(2)13-11-15-20(22)28)31(26(3,4)5)21(32)16-29-25(34)35-27(6,7)8/h9-15,23H,16H2,1-8H3,(H,29,34)(H,30,33). The van der Waals surface area contributed by atoms with E-state index in [9.17, 15) is 14.4 Å². The highest BCUT2D eigenvalue weighted by molar-refractivity contribution is 6.34. The number of para-hydroxylation sites is 1. The van der Waals surface area contributed by atoms with Crippen LogP contribution in [-0.4, -0.2) is 40.5 Å². The Morgan fingerprint density at radius 1 is 0.943 bits per heavy atom. The highest BCUT2D eigenvalue weighted by Gasteiger charge is 2.39. The molecule has 0 aliphatic carbocycles. The van der Waals surface area contributed by atoms with Crippen molar-refractivity contribution in [2.24, 2.45) is 0 Å². The third kappa shape index (κ3) is 7.72. The summed E-state index contributed by atoms with van der Waals surface area (Å²) in [6.45, 7) is 14.2. The van der Waals surface area contributed by atoms with Gasteiger partial charge in [0, 0.05) is 5.54 Å². The fourth-order valence-corrected chi connectivity index (χ4v) is 3.99.